The van der Waals surface area contributed by atoms with Crippen LogP contribution in [0.3, 0.4) is 0 Å². The second kappa shape index (κ2) is 11.6. The fraction of sp³-hybridized carbons (Fsp3) is 0.556. The highest BCUT2D eigenvalue weighted by atomic mass is 19.2. The van der Waals surface area contributed by atoms with Gasteiger partial charge in [-0.15, -0.1) is 0 Å². The van der Waals surface area contributed by atoms with Gasteiger partial charge in [-0.2, -0.15) is 4.39 Å². The molecule has 1 aliphatic rings. The lowest BCUT2D eigenvalue weighted by Crippen LogP contribution is -2.16. The van der Waals surface area contributed by atoms with E-state index in [2.05, 4.69) is 13.0 Å². The van der Waals surface area contributed by atoms with E-state index < -0.39 is 11.6 Å². The first-order valence-corrected chi connectivity index (χ1v) is 11.9. The van der Waals surface area contributed by atoms with E-state index in [9.17, 15) is 13.2 Å². The summed E-state index contributed by atoms with van der Waals surface area (Å²) in [6, 6.07) is 8.92. The van der Waals surface area contributed by atoms with Crippen molar-refractivity contribution in [3.8, 4) is 5.75 Å². The number of unbranched alkanes of at least 4 members (excludes halogenated alkanes) is 2. The molecule has 0 atom stereocenters. The summed E-state index contributed by atoms with van der Waals surface area (Å²) in [5.41, 5.74) is 2.34. The molecule has 0 aromatic heterocycles. The van der Waals surface area contributed by atoms with Crippen molar-refractivity contribution >= 4 is 0 Å². The Morgan fingerprint density at radius 3 is 2.32 bits per heavy atom. The largest absolute Gasteiger partial charge is 0.491 e. The van der Waals surface area contributed by atoms with E-state index in [0.29, 0.717) is 18.1 Å². The molecule has 0 saturated heterocycles. The highest BCUT2D eigenvalue weighted by Gasteiger charge is 2.26. The zero-order chi connectivity index (χ0) is 22.2. The molecule has 0 aliphatic heterocycles. The minimum absolute atomic E-state index is 0.0177. The Labute approximate surface area is 185 Å². The zero-order valence-corrected chi connectivity index (χ0v) is 18.9. The summed E-state index contributed by atoms with van der Waals surface area (Å²) in [5, 5.41) is 0. The van der Waals surface area contributed by atoms with Crippen LogP contribution in [-0.2, 0) is 12.8 Å². The van der Waals surface area contributed by atoms with Crippen LogP contribution < -0.4 is 4.74 Å². The minimum atomic E-state index is -0.880. The second-order valence-corrected chi connectivity index (χ2v) is 8.85. The molecular weight excluding hydrogens is 397 g/mol. The van der Waals surface area contributed by atoms with Crippen molar-refractivity contribution in [2.24, 2.45) is 5.92 Å². The van der Waals surface area contributed by atoms with E-state index >= 15 is 0 Å². The maximum Gasteiger partial charge on any atom is 0.200 e. The number of ether oxygens (including phenoxy) is 1. The quantitative estimate of drug-likeness (QED) is 0.344. The zero-order valence-electron chi connectivity index (χ0n) is 18.9. The third-order valence-electron chi connectivity index (χ3n) is 6.67. The van der Waals surface area contributed by atoms with Crippen molar-refractivity contribution in [2.75, 3.05) is 6.61 Å². The lowest BCUT2D eigenvalue weighted by Gasteiger charge is -2.29. The molecule has 1 aliphatic carbocycles. The van der Waals surface area contributed by atoms with Crippen molar-refractivity contribution in [3.05, 3.63) is 64.5 Å². The Bertz CT molecular complexity index is 841. The van der Waals surface area contributed by atoms with Crippen LogP contribution in [0, 0.1) is 23.4 Å². The van der Waals surface area contributed by atoms with Gasteiger partial charge in [0, 0.05) is 0 Å². The van der Waals surface area contributed by atoms with Crippen molar-refractivity contribution < 1.29 is 17.9 Å². The highest BCUT2D eigenvalue weighted by molar-refractivity contribution is 5.33. The molecule has 0 amide bonds. The van der Waals surface area contributed by atoms with Crippen LogP contribution in [0.5, 0.6) is 5.75 Å². The van der Waals surface area contributed by atoms with Gasteiger partial charge >= 0.3 is 0 Å². The second-order valence-electron chi connectivity index (χ2n) is 8.85. The molecule has 31 heavy (non-hydrogen) atoms. The van der Waals surface area contributed by atoms with E-state index in [1.54, 1.807) is 19.1 Å². The Hall–Kier alpha value is -1.97. The number of halogens is 3. The van der Waals surface area contributed by atoms with E-state index in [1.807, 2.05) is 6.07 Å². The van der Waals surface area contributed by atoms with E-state index in [-0.39, 0.29) is 17.5 Å². The van der Waals surface area contributed by atoms with E-state index in [4.69, 9.17) is 4.74 Å². The molecule has 4 heteroatoms. The molecule has 1 fully saturated rings. The fourth-order valence-corrected chi connectivity index (χ4v) is 4.78. The van der Waals surface area contributed by atoms with Crippen molar-refractivity contribution in [1.29, 1.82) is 0 Å². The van der Waals surface area contributed by atoms with Crippen LogP contribution in [0.25, 0.3) is 0 Å². The summed E-state index contributed by atoms with van der Waals surface area (Å²) in [4.78, 5) is 0. The predicted molar refractivity (Wildman–Crippen MR) is 120 cm³/mol. The fourth-order valence-electron chi connectivity index (χ4n) is 4.78. The van der Waals surface area contributed by atoms with Crippen LogP contribution in [0.1, 0.15) is 87.8 Å². The molecule has 0 radical (unpaired) electrons. The topological polar surface area (TPSA) is 9.23 Å². The van der Waals surface area contributed by atoms with E-state index in [1.165, 1.54) is 18.9 Å². The molecule has 3 rings (SSSR count). The van der Waals surface area contributed by atoms with Gasteiger partial charge in [-0.25, -0.2) is 8.78 Å². The molecule has 2 aromatic rings. The first-order valence-electron chi connectivity index (χ1n) is 11.9. The monoisotopic (exact) mass is 432 g/mol. The number of rotatable bonds is 10. The molecule has 0 bridgehead atoms. The third kappa shape index (κ3) is 6.27. The first kappa shape index (κ1) is 23.7. The lowest BCUT2D eigenvalue weighted by molar-refractivity contribution is 0.296. The van der Waals surface area contributed by atoms with Gasteiger partial charge in [0.15, 0.2) is 11.6 Å². The van der Waals surface area contributed by atoms with Crippen LogP contribution in [0.2, 0.25) is 0 Å². The predicted octanol–water partition coefficient (Wildman–Crippen LogP) is 8.14. The lowest BCUT2D eigenvalue weighted by atomic mass is 9.76. The van der Waals surface area contributed by atoms with Crippen molar-refractivity contribution in [1.82, 2.24) is 0 Å². The van der Waals surface area contributed by atoms with Gasteiger partial charge < -0.3 is 4.74 Å². The molecule has 0 spiro atoms. The molecule has 0 unspecified atom stereocenters. The van der Waals surface area contributed by atoms with Gasteiger partial charge in [-0.05, 0) is 98.9 Å². The molecule has 170 valence electrons. The molecule has 2 aromatic carbocycles. The Morgan fingerprint density at radius 2 is 1.65 bits per heavy atom. The van der Waals surface area contributed by atoms with Gasteiger partial charge in [0.1, 0.15) is 5.82 Å². The Morgan fingerprint density at radius 1 is 0.871 bits per heavy atom. The Balaban J connectivity index is 1.50. The number of hydrogen-bond acceptors (Lipinski definition) is 1. The van der Waals surface area contributed by atoms with Crippen LogP contribution in [0.4, 0.5) is 13.2 Å². The van der Waals surface area contributed by atoms with Gasteiger partial charge in [0.05, 0.1) is 6.61 Å². The summed E-state index contributed by atoms with van der Waals surface area (Å²) in [6.07, 6.45) is 9.70. The van der Waals surface area contributed by atoms with Crippen LogP contribution in [-0.4, -0.2) is 6.61 Å². The summed E-state index contributed by atoms with van der Waals surface area (Å²) >= 11 is 0. The van der Waals surface area contributed by atoms with Gasteiger partial charge in [0.2, 0.25) is 5.82 Å². The maximum atomic E-state index is 14.5. The highest BCUT2D eigenvalue weighted by Crippen LogP contribution is 2.40. The summed E-state index contributed by atoms with van der Waals surface area (Å²) < 4.78 is 48.3. The minimum Gasteiger partial charge on any atom is -0.491 e. The number of hydrogen-bond donors (Lipinski definition) is 0. The van der Waals surface area contributed by atoms with Gasteiger partial charge in [-0.1, -0.05) is 38.0 Å². The molecule has 0 heterocycles. The van der Waals surface area contributed by atoms with Gasteiger partial charge in [0.25, 0.3) is 0 Å². The summed E-state index contributed by atoms with van der Waals surface area (Å²) in [5.74, 6) is -1.20. The van der Waals surface area contributed by atoms with Gasteiger partial charge in [-0.3, -0.25) is 0 Å². The smallest absolute Gasteiger partial charge is 0.200 e. The average molecular weight is 433 g/mol. The SMILES string of the molecule is CCCCCc1ccc(CCC2CCC(c3ccc(OCC)c(F)c3F)CC2)c(F)c1. The standard InChI is InChI=1S/C27H35F3O/c1-3-5-6-7-20-11-15-22(24(28)18-20)14-10-19-8-12-21(13-9-19)23-16-17-25(31-4-2)27(30)26(23)29/h11,15-19,21H,3-10,12-14H2,1-2H3. The van der Waals surface area contributed by atoms with Crippen molar-refractivity contribution in [2.45, 2.75) is 84.0 Å². The maximum absolute atomic E-state index is 14.5. The van der Waals surface area contributed by atoms with Crippen LogP contribution in [0.15, 0.2) is 30.3 Å². The normalized spacial score (nSPS) is 18.9. The van der Waals surface area contributed by atoms with Crippen LogP contribution >= 0.6 is 0 Å². The molecule has 0 N–H and O–H groups in total. The molecule has 1 saturated carbocycles. The number of benzene rings is 2. The number of aryl methyl sites for hydroxylation is 2. The molecular formula is C27H35F3O. The third-order valence-corrected chi connectivity index (χ3v) is 6.67. The molecule has 1 nitrogen and oxygen atoms in total. The first-order chi connectivity index (χ1) is 15.0. The van der Waals surface area contributed by atoms with Crippen molar-refractivity contribution in [3.63, 3.8) is 0 Å². The summed E-state index contributed by atoms with van der Waals surface area (Å²) in [6.45, 7) is 4.23. The van der Waals surface area contributed by atoms with E-state index in [0.717, 1.165) is 62.5 Å². The Kier molecular flexibility index (Phi) is 8.86. The average Bonchev–Trinajstić information content (AvgIpc) is 2.77. The summed E-state index contributed by atoms with van der Waals surface area (Å²) in [7, 11) is 0.